The number of esters is 1. The molecule has 0 saturated heterocycles. The smallest absolute Gasteiger partial charge is 0.350 e. The second-order valence-electron chi connectivity index (χ2n) is 6.04. The maximum atomic E-state index is 14.0. The number of Topliss-reactive ketones (excluding diaryl/α,β-unsaturated/α-hetero) is 1. The first-order valence-electron chi connectivity index (χ1n) is 7.82. The number of hydrogen-bond donors (Lipinski definition) is 0. The van der Waals surface area contributed by atoms with Crippen molar-refractivity contribution >= 4 is 11.8 Å². The molecule has 4 rings (SSSR count). The normalized spacial score (nSPS) is 18.8. The molecule has 0 spiro atoms. The number of nitrogens with zero attached hydrogens (tertiary/aromatic N) is 2. The number of halogens is 1. The molecule has 1 atom stereocenters. The first-order chi connectivity index (χ1) is 11.6. The van der Waals surface area contributed by atoms with E-state index in [4.69, 9.17) is 9.47 Å². The van der Waals surface area contributed by atoms with Crippen LogP contribution in [0.25, 0.3) is 0 Å². The second kappa shape index (κ2) is 5.43. The molecular weight excluding hydrogens is 315 g/mol. The van der Waals surface area contributed by atoms with Gasteiger partial charge in [-0.25, -0.2) is 13.9 Å². The van der Waals surface area contributed by atoms with E-state index >= 15 is 0 Å². The predicted molar refractivity (Wildman–Crippen MR) is 81.1 cm³/mol. The summed E-state index contributed by atoms with van der Waals surface area (Å²) in [5.74, 6) is -1.11. The van der Waals surface area contributed by atoms with Crippen molar-refractivity contribution in [2.24, 2.45) is 0 Å². The molecule has 7 heteroatoms. The van der Waals surface area contributed by atoms with Gasteiger partial charge in [-0.15, -0.1) is 0 Å². The van der Waals surface area contributed by atoms with Crippen LogP contribution in [0.4, 0.5) is 4.39 Å². The summed E-state index contributed by atoms with van der Waals surface area (Å²) < 4.78 is 26.5. The molecule has 0 fully saturated rings. The van der Waals surface area contributed by atoms with Gasteiger partial charge in [-0.1, -0.05) is 6.92 Å². The van der Waals surface area contributed by atoms with E-state index in [0.29, 0.717) is 24.6 Å². The molecule has 24 heavy (non-hydrogen) atoms. The van der Waals surface area contributed by atoms with Crippen LogP contribution in [0.15, 0.2) is 18.3 Å². The standard InChI is InChI=1S/C17H15FN2O4/c1-9-7-12(21)15-13(4-3-11(18)14(9)15)24-17(22)10-8-19-20-5-2-6-23-16(10)20/h3-4,8-9H,2,5-7H2,1H3. The van der Waals surface area contributed by atoms with Gasteiger partial charge in [-0.3, -0.25) is 4.79 Å². The molecule has 1 unspecified atom stereocenters. The van der Waals surface area contributed by atoms with Crippen molar-refractivity contribution < 1.29 is 23.5 Å². The zero-order valence-corrected chi connectivity index (χ0v) is 13.0. The van der Waals surface area contributed by atoms with E-state index in [1.807, 2.05) is 0 Å². The van der Waals surface area contributed by atoms with E-state index in [0.717, 1.165) is 6.42 Å². The van der Waals surface area contributed by atoms with Crippen LogP contribution in [0.3, 0.4) is 0 Å². The summed E-state index contributed by atoms with van der Waals surface area (Å²) in [6.07, 6.45) is 2.42. The van der Waals surface area contributed by atoms with Gasteiger partial charge in [0.15, 0.2) is 5.78 Å². The van der Waals surface area contributed by atoms with Crippen LogP contribution in [-0.4, -0.2) is 28.1 Å². The first-order valence-corrected chi connectivity index (χ1v) is 7.82. The highest BCUT2D eigenvalue weighted by Gasteiger charge is 2.34. The number of aromatic nitrogens is 2. The molecule has 0 amide bonds. The molecule has 2 aromatic rings. The van der Waals surface area contributed by atoms with Crippen molar-refractivity contribution in [1.29, 1.82) is 0 Å². The number of ketones is 1. The quantitative estimate of drug-likeness (QED) is 0.625. The molecule has 0 bridgehead atoms. The van der Waals surface area contributed by atoms with Gasteiger partial charge in [-0.2, -0.15) is 5.10 Å². The van der Waals surface area contributed by atoms with Crippen LogP contribution in [0, 0.1) is 5.82 Å². The van der Waals surface area contributed by atoms with Gasteiger partial charge in [-0.05, 0) is 18.1 Å². The molecule has 2 heterocycles. The fourth-order valence-corrected chi connectivity index (χ4v) is 3.27. The molecule has 0 saturated carbocycles. The molecular formula is C17H15FN2O4. The zero-order valence-electron chi connectivity index (χ0n) is 13.0. The summed E-state index contributed by atoms with van der Waals surface area (Å²) in [5, 5.41) is 4.10. The maximum Gasteiger partial charge on any atom is 0.350 e. The molecule has 2 aliphatic rings. The van der Waals surface area contributed by atoms with Crippen LogP contribution in [-0.2, 0) is 6.54 Å². The third-order valence-corrected chi connectivity index (χ3v) is 4.38. The molecule has 1 aliphatic carbocycles. The molecule has 6 nitrogen and oxygen atoms in total. The summed E-state index contributed by atoms with van der Waals surface area (Å²) in [4.78, 5) is 24.6. The number of hydrogen-bond acceptors (Lipinski definition) is 5. The number of rotatable bonds is 2. The monoisotopic (exact) mass is 330 g/mol. The van der Waals surface area contributed by atoms with E-state index in [2.05, 4.69) is 5.10 Å². The number of carbonyl (C=O) groups excluding carboxylic acids is 2. The van der Waals surface area contributed by atoms with Crippen molar-refractivity contribution in [3.05, 3.63) is 40.8 Å². The van der Waals surface area contributed by atoms with Gasteiger partial charge < -0.3 is 9.47 Å². The largest absolute Gasteiger partial charge is 0.477 e. The van der Waals surface area contributed by atoms with Crippen molar-refractivity contribution in [1.82, 2.24) is 9.78 Å². The zero-order chi connectivity index (χ0) is 16.8. The third-order valence-electron chi connectivity index (χ3n) is 4.38. The van der Waals surface area contributed by atoms with Crippen molar-refractivity contribution in [2.45, 2.75) is 32.2 Å². The van der Waals surface area contributed by atoms with Crippen LogP contribution < -0.4 is 9.47 Å². The van der Waals surface area contributed by atoms with Gasteiger partial charge in [0.25, 0.3) is 0 Å². The van der Waals surface area contributed by atoms with Crippen molar-refractivity contribution in [3.63, 3.8) is 0 Å². The van der Waals surface area contributed by atoms with Crippen LogP contribution in [0.1, 0.15) is 52.0 Å². The van der Waals surface area contributed by atoms with Crippen molar-refractivity contribution in [2.75, 3.05) is 6.61 Å². The Morgan fingerprint density at radius 3 is 3.12 bits per heavy atom. The Morgan fingerprint density at radius 1 is 1.46 bits per heavy atom. The lowest BCUT2D eigenvalue weighted by atomic mass is 10.0. The van der Waals surface area contributed by atoms with Crippen LogP contribution in [0.2, 0.25) is 0 Å². The number of benzene rings is 1. The highest BCUT2D eigenvalue weighted by Crippen LogP contribution is 2.40. The summed E-state index contributed by atoms with van der Waals surface area (Å²) >= 11 is 0. The van der Waals surface area contributed by atoms with Gasteiger partial charge in [0, 0.05) is 24.9 Å². The average Bonchev–Trinajstić information content (AvgIpc) is 3.12. The molecule has 124 valence electrons. The SMILES string of the molecule is CC1CC(=O)c2c(OC(=O)c3cnn4c3OCCC4)ccc(F)c21. The van der Waals surface area contributed by atoms with Gasteiger partial charge in [0.2, 0.25) is 5.88 Å². The Labute approximate surface area is 137 Å². The molecule has 0 radical (unpaired) electrons. The summed E-state index contributed by atoms with van der Waals surface area (Å²) in [5.41, 5.74) is 0.683. The Kier molecular flexibility index (Phi) is 3.37. The average molecular weight is 330 g/mol. The Hall–Kier alpha value is -2.70. The van der Waals surface area contributed by atoms with Crippen LogP contribution >= 0.6 is 0 Å². The number of ether oxygens (including phenoxy) is 2. The summed E-state index contributed by atoms with van der Waals surface area (Å²) in [6.45, 7) is 2.96. The lowest BCUT2D eigenvalue weighted by molar-refractivity contribution is 0.0725. The molecule has 1 aliphatic heterocycles. The predicted octanol–water partition coefficient (Wildman–Crippen LogP) is 2.71. The number of carbonyl (C=O) groups is 2. The minimum absolute atomic E-state index is 0.0847. The van der Waals surface area contributed by atoms with Gasteiger partial charge >= 0.3 is 5.97 Å². The summed E-state index contributed by atoms with van der Waals surface area (Å²) in [7, 11) is 0. The fourth-order valence-electron chi connectivity index (χ4n) is 3.27. The van der Waals surface area contributed by atoms with E-state index in [1.165, 1.54) is 18.3 Å². The summed E-state index contributed by atoms with van der Waals surface area (Å²) in [6, 6.07) is 2.54. The lowest BCUT2D eigenvalue weighted by Gasteiger charge is -2.16. The van der Waals surface area contributed by atoms with E-state index in [1.54, 1.807) is 11.6 Å². The Morgan fingerprint density at radius 2 is 2.29 bits per heavy atom. The van der Waals surface area contributed by atoms with Crippen molar-refractivity contribution in [3.8, 4) is 11.6 Å². The van der Waals surface area contributed by atoms with Gasteiger partial charge in [0.05, 0.1) is 18.4 Å². The topological polar surface area (TPSA) is 70.4 Å². The minimum atomic E-state index is -0.667. The van der Waals surface area contributed by atoms with Crippen LogP contribution in [0.5, 0.6) is 11.6 Å². The van der Waals surface area contributed by atoms with E-state index < -0.39 is 11.8 Å². The maximum absolute atomic E-state index is 14.0. The highest BCUT2D eigenvalue weighted by atomic mass is 19.1. The van der Waals surface area contributed by atoms with E-state index in [-0.39, 0.29) is 35.0 Å². The second-order valence-corrected chi connectivity index (χ2v) is 6.04. The fraction of sp³-hybridized carbons (Fsp3) is 0.353. The Bertz CT molecular complexity index is 859. The minimum Gasteiger partial charge on any atom is -0.477 e. The van der Waals surface area contributed by atoms with Gasteiger partial charge in [0.1, 0.15) is 17.1 Å². The number of fused-ring (bicyclic) bond motifs is 2. The lowest BCUT2D eigenvalue weighted by Crippen LogP contribution is -2.18. The Balaban J connectivity index is 1.69. The third kappa shape index (κ3) is 2.19. The van der Waals surface area contributed by atoms with E-state index in [9.17, 15) is 14.0 Å². The molecule has 1 aromatic heterocycles. The molecule has 1 aromatic carbocycles. The number of aryl methyl sites for hydroxylation is 1. The molecule has 0 N–H and O–H groups in total. The highest BCUT2D eigenvalue weighted by molar-refractivity contribution is 6.05. The first kappa shape index (κ1) is 14.9.